The maximum atomic E-state index is 12.6. The fraction of sp³-hybridized carbons (Fsp3) is 0.500. The molecule has 1 aromatic carbocycles. The molecule has 3 rings (SSSR count). The number of benzene rings is 1. The van der Waals surface area contributed by atoms with Gasteiger partial charge in [-0.2, -0.15) is 0 Å². The van der Waals surface area contributed by atoms with Gasteiger partial charge in [0.05, 0.1) is 4.90 Å². The Morgan fingerprint density at radius 1 is 1.35 bits per heavy atom. The van der Waals surface area contributed by atoms with E-state index in [-0.39, 0.29) is 16.8 Å². The summed E-state index contributed by atoms with van der Waals surface area (Å²) in [5.41, 5.74) is 0.459. The Balaban J connectivity index is 1.88. The van der Waals surface area contributed by atoms with Crippen LogP contribution in [0.15, 0.2) is 29.2 Å². The van der Waals surface area contributed by atoms with Crippen molar-refractivity contribution in [3.05, 3.63) is 29.8 Å². The lowest BCUT2D eigenvalue weighted by atomic mass is 10.0. The lowest BCUT2D eigenvalue weighted by Crippen LogP contribution is -2.39. The number of nitrogens with zero attached hydrogens (tertiary/aromatic N) is 1. The summed E-state index contributed by atoms with van der Waals surface area (Å²) in [5, 5.41) is 3.31. The molecule has 2 aliphatic rings. The number of rotatable bonds is 2. The van der Waals surface area contributed by atoms with Crippen LogP contribution in [0.4, 0.5) is 0 Å². The first kappa shape index (κ1) is 13.6. The Kier molecular flexibility index (Phi) is 3.30. The molecular formula is C14H18N2O3S. The predicted octanol–water partition coefficient (Wildman–Crippen LogP) is 0.524. The number of amides is 1. The highest BCUT2D eigenvalue weighted by Gasteiger charge is 2.40. The summed E-state index contributed by atoms with van der Waals surface area (Å²) in [6, 6.07) is 6.57. The van der Waals surface area contributed by atoms with Crippen molar-refractivity contribution in [2.24, 2.45) is 5.92 Å². The summed E-state index contributed by atoms with van der Waals surface area (Å²) in [6.07, 6.45) is 2.18. The molecule has 6 heteroatoms. The predicted molar refractivity (Wildman–Crippen MR) is 75.4 cm³/mol. The standard InChI is InChI=1S/C14H18N2O3S/c1-20(18,19)12-4-2-3-10(7-12)14(17)16-6-5-11-8-15-9-13(11)16/h2-4,7,11,13,15H,5-6,8-9H2,1H3/t11-,13+/m0/s1. The molecule has 0 spiro atoms. The van der Waals surface area contributed by atoms with Crippen LogP contribution in [0.25, 0.3) is 0 Å². The molecule has 2 atom stereocenters. The summed E-state index contributed by atoms with van der Waals surface area (Å²) >= 11 is 0. The second-order valence-electron chi connectivity index (χ2n) is 5.57. The van der Waals surface area contributed by atoms with Crippen molar-refractivity contribution in [2.75, 3.05) is 25.9 Å². The normalized spacial score (nSPS) is 25.8. The highest BCUT2D eigenvalue weighted by Crippen LogP contribution is 2.28. The van der Waals surface area contributed by atoms with E-state index < -0.39 is 9.84 Å². The molecule has 2 fully saturated rings. The Morgan fingerprint density at radius 3 is 2.90 bits per heavy atom. The van der Waals surface area contributed by atoms with E-state index in [1.807, 2.05) is 4.90 Å². The molecule has 0 saturated carbocycles. The molecule has 0 bridgehead atoms. The van der Waals surface area contributed by atoms with E-state index in [1.54, 1.807) is 12.1 Å². The van der Waals surface area contributed by atoms with Gasteiger partial charge in [-0.05, 0) is 30.5 Å². The van der Waals surface area contributed by atoms with Gasteiger partial charge in [-0.15, -0.1) is 0 Å². The molecule has 108 valence electrons. The third-order valence-corrected chi connectivity index (χ3v) is 5.33. The topological polar surface area (TPSA) is 66.5 Å². The zero-order valence-electron chi connectivity index (χ0n) is 11.4. The fourth-order valence-electron chi connectivity index (χ4n) is 3.13. The number of nitrogens with one attached hydrogen (secondary N) is 1. The molecular weight excluding hydrogens is 276 g/mol. The van der Waals surface area contributed by atoms with Crippen LogP contribution in [-0.4, -0.2) is 51.2 Å². The molecule has 0 radical (unpaired) electrons. The van der Waals surface area contributed by atoms with Crippen LogP contribution in [-0.2, 0) is 9.84 Å². The van der Waals surface area contributed by atoms with Gasteiger partial charge in [-0.25, -0.2) is 8.42 Å². The third-order valence-electron chi connectivity index (χ3n) is 4.22. The Morgan fingerprint density at radius 2 is 2.15 bits per heavy atom. The van der Waals surface area contributed by atoms with Gasteiger partial charge < -0.3 is 10.2 Å². The summed E-state index contributed by atoms with van der Waals surface area (Å²) in [5.74, 6) is 0.476. The van der Waals surface area contributed by atoms with Gasteiger partial charge in [0.25, 0.3) is 5.91 Å². The lowest BCUT2D eigenvalue weighted by molar-refractivity contribution is 0.0737. The van der Waals surface area contributed by atoms with E-state index in [2.05, 4.69) is 5.32 Å². The van der Waals surface area contributed by atoms with Gasteiger partial charge >= 0.3 is 0 Å². The zero-order chi connectivity index (χ0) is 14.3. The zero-order valence-corrected chi connectivity index (χ0v) is 12.2. The summed E-state index contributed by atoms with van der Waals surface area (Å²) < 4.78 is 23.2. The van der Waals surface area contributed by atoms with Gasteiger partial charge in [-0.3, -0.25) is 4.79 Å². The van der Waals surface area contributed by atoms with E-state index in [0.29, 0.717) is 11.5 Å². The summed E-state index contributed by atoms with van der Waals surface area (Å²) in [6.45, 7) is 2.57. The number of carbonyl (C=O) groups is 1. The highest BCUT2D eigenvalue weighted by atomic mass is 32.2. The maximum Gasteiger partial charge on any atom is 0.254 e. The van der Waals surface area contributed by atoms with Crippen molar-refractivity contribution in [3.63, 3.8) is 0 Å². The van der Waals surface area contributed by atoms with Crippen molar-refractivity contribution >= 4 is 15.7 Å². The van der Waals surface area contributed by atoms with Crippen molar-refractivity contribution < 1.29 is 13.2 Å². The molecule has 2 aliphatic heterocycles. The van der Waals surface area contributed by atoms with E-state index >= 15 is 0 Å². The second-order valence-corrected chi connectivity index (χ2v) is 7.59. The van der Waals surface area contributed by atoms with E-state index in [9.17, 15) is 13.2 Å². The van der Waals surface area contributed by atoms with Gasteiger partial charge in [0.1, 0.15) is 0 Å². The van der Waals surface area contributed by atoms with Gasteiger partial charge in [0.2, 0.25) is 0 Å². The number of fused-ring (bicyclic) bond motifs is 1. The molecule has 1 N–H and O–H groups in total. The van der Waals surface area contributed by atoms with Gasteiger partial charge in [0, 0.05) is 37.5 Å². The van der Waals surface area contributed by atoms with Crippen LogP contribution in [0.2, 0.25) is 0 Å². The smallest absolute Gasteiger partial charge is 0.254 e. The Labute approximate surface area is 118 Å². The largest absolute Gasteiger partial charge is 0.334 e. The number of hydrogen-bond donors (Lipinski definition) is 1. The molecule has 2 saturated heterocycles. The van der Waals surface area contributed by atoms with Gasteiger partial charge in [0.15, 0.2) is 9.84 Å². The average molecular weight is 294 g/mol. The number of likely N-dealkylation sites (tertiary alicyclic amines) is 1. The van der Waals surface area contributed by atoms with Crippen LogP contribution >= 0.6 is 0 Å². The van der Waals surface area contributed by atoms with E-state index in [0.717, 1.165) is 32.3 Å². The SMILES string of the molecule is CS(=O)(=O)c1cccc(C(=O)N2CC[C@H]3CNC[C@H]32)c1. The Bertz CT molecular complexity index is 642. The minimum atomic E-state index is -3.28. The highest BCUT2D eigenvalue weighted by molar-refractivity contribution is 7.90. The molecule has 1 amide bonds. The summed E-state index contributed by atoms with van der Waals surface area (Å²) in [7, 11) is -3.28. The second kappa shape index (κ2) is 4.86. The van der Waals surface area contributed by atoms with Crippen LogP contribution in [0, 0.1) is 5.92 Å². The summed E-state index contributed by atoms with van der Waals surface area (Å²) in [4.78, 5) is 14.7. The van der Waals surface area contributed by atoms with Crippen molar-refractivity contribution in [1.82, 2.24) is 10.2 Å². The first-order chi connectivity index (χ1) is 9.47. The first-order valence-electron chi connectivity index (χ1n) is 6.78. The molecule has 2 heterocycles. The van der Waals surface area contributed by atoms with E-state index in [1.165, 1.54) is 12.1 Å². The van der Waals surface area contributed by atoms with Crippen LogP contribution in [0.3, 0.4) is 0 Å². The minimum Gasteiger partial charge on any atom is -0.334 e. The maximum absolute atomic E-state index is 12.6. The van der Waals surface area contributed by atoms with Crippen molar-refractivity contribution in [3.8, 4) is 0 Å². The first-order valence-corrected chi connectivity index (χ1v) is 8.68. The average Bonchev–Trinajstić information content (AvgIpc) is 2.99. The monoisotopic (exact) mass is 294 g/mol. The molecule has 20 heavy (non-hydrogen) atoms. The third kappa shape index (κ3) is 2.33. The van der Waals surface area contributed by atoms with Gasteiger partial charge in [-0.1, -0.05) is 6.07 Å². The number of sulfone groups is 1. The lowest BCUT2D eigenvalue weighted by Gasteiger charge is -2.23. The molecule has 0 aliphatic carbocycles. The van der Waals surface area contributed by atoms with Crippen LogP contribution in [0.5, 0.6) is 0 Å². The Hall–Kier alpha value is -1.40. The molecule has 1 aromatic rings. The number of hydrogen-bond acceptors (Lipinski definition) is 4. The van der Waals surface area contributed by atoms with Crippen molar-refractivity contribution in [1.29, 1.82) is 0 Å². The number of carbonyl (C=O) groups excluding carboxylic acids is 1. The fourth-order valence-corrected chi connectivity index (χ4v) is 3.79. The van der Waals surface area contributed by atoms with Crippen LogP contribution in [0.1, 0.15) is 16.8 Å². The van der Waals surface area contributed by atoms with E-state index in [4.69, 9.17) is 0 Å². The molecule has 0 unspecified atom stereocenters. The minimum absolute atomic E-state index is 0.0632. The quantitative estimate of drug-likeness (QED) is 0.864. The molecule has 5 nitrogen and oxygen atoms in total. The van der Waals surface area contributed by atoms with Crippen molar-refractivity contribution in [2.45, 2.75) is 17.4 Å². The molecule has 0 aromatic heterocycles. The van der Waals surface area contributed by atoms with Crippen LogP contribution < -0.4 is 5.32 Å².